The van der Waals surface area contributed by atoms with Gasteiger partial charge in [0.1, 0.15) is 5.84 Å². The Labute approximate surface area is 53.4 Å². The van der Waals surface area contributed by atoms with Crippen molar-refractivity contribution in [1.29, 1.82) is 0 Å². The molecule has 4 nitrogen and oxygen atoms in total. The Hall–Kier alpha value is -1.29. The highest BCUT2D eigenvalue weighted by Gasteiger charge is 1.73. The van der Waals surface area contributed by atoms with Gasteiger partial charge in [0.15, 0.2) is 0 Å². The standard InChI is InChI=1S/C5H9N3O/c1-2-5(6)7-3-4-8-9/h2-4,8-9H,1H2,(H2,6,7). The molecule has 0 fully saturated rings. The van der Waals surface area contributed by atoms with Gasteiger partial charge in [-0.1, -0.05) is 6.58 Å². The zero-order chi connectivity index (χ0) is 7.11. The molecule has 9 heavy (non-hydrogen) atoms. The van der Waals surface area contributed by atoms with E-state index in [0.29, 0.717) is 5.84 Å². The zero-order valence-electron chi connectivity index (χ0n) is 4.91. The van der Waals surface area contributed by atoms with Gasteiger partial charge in [0, 0.05) is 12.4 Å². The topological polar surface area (TPSA) is 70.6 Å². The van der Waals surface area contributed by atoms with Gasteiger partial charge >= 0.3 is 0 Å². The number of hydrogen-bond donors (Lipinski definition) is 3. The number of nitrogens with one attached hydrogen (secondary N) is 1. The summed E-state index contributed by atoms with van der Waals surface area (Å²) in [7, 11) is 0. The first-order chi connectivity index (χ1) is 4.31. The van der Waals surface area contributed by atoms with E-state index < -0.39 is 0 Å². The van der Waals surface area contributed by atoms with Gasteiger partial charge in [0.05, 0.1) is 0 Å². The van der Waals surface area contributed by atoms with E-state index in [2.05, 4.69) is 11.6 Å². The maximum Gasteiger partial charge on any atom is 0.122 e. The normalized spacial score (nSPS) is 11.9. The summed E-state index contributed by atoms with van der Waals surface area (Å²) in [6.45, 7) is 3.37. The molecule has 0 saturated carbocycles. The highest BCUT2D eigenvalue weighted by Crippen LogP contribution is 1.72. The third kappa shape index (κ3) is 4.57. The molecule has 0 unspecified atom stereocenters. The molecule has 0 aliphatic heterocycles. The van der Waals surface area contributed by atoms with E-state index in [4.69, 9.17) is 10.9 Å². The number of rotatable bonds is 3. The van der Waals surface area contributed by atoms with Gasteiger partial charge in [-0.25, -0.2) is 4.99 Å². The van der Waals surface area contributed by atoms with Gasteiger partial charge < -0.3 is 5.73 Å². The molecule has 0 aliphatic rings. The monoisotopic (exact) mass is 127 g/mol. The van der Waals surface area contributed by atoms with Crippen LogP contribution in [0, 0.1) is 0 Å². The molecule has 0 heterocycles. The van der Waals surface area contributed by atoms with Crippen molar-refractivity contribution < 1.29 is 5.21 Å². The van der Waals surface area contributed by atoms with Gasteiger partial charge in [-0.15, -0.1) is 0 Å². The summed E-state index contributed by atoms with van der Waals surface area (Å²) in [5.74, 6) is 0.307. The molecule has 0 bridgehead atoms. The van der Waals surface area contributed by atoms with Crippen molar-refractivity contribution in [2.75, 3.05) is 0 Å². The van der Waals surface area contributed by atoms with Crippen LogP contribution in [0.15, 0.2) is 30.0 Å². The molecule has 0 aromatic heterocycles. The van der Waals surface area contributed by atoms with E-state index in [0.717, 1.165) is 0 Å². The first kappa shape index (κ1) is 7.71. The minimum absolute atomic E-state index is 0.307. The molecule has 0 atom stereocenters. The molecular weight excluding hydrogens is 118 g/mol. The Balaban J connectivity index is 3.68. The molecule has 4 heteroatoms. The minimum atomic E-state index is 0.307. The van der Waals surface area contributed by atoms with E-state index in [1.165, 1.54) is 18.5 Å². The molecule has 0 aromatic rings. The SMILES string of the molecule is C=CC(N)=NC=CNO. The fourth-order valence-corrected chi connectivity index (χ4v) is 0.209. The lowest BCUT2D eigenvalue weighted by molar-refractivity contribution is 0.214. The summed E-state index contributed by atoms with van der Waals surface area (Å²) < 4.78 is 0. The number of nitrogens with zero attached hydrogens (tertiary/aromatic N) is 1. The van der Waals surface area contributed by atoms with Crippen LogP contribution in [-0.4, -0.2) is 11.0 Å². The van der Waals surface area contributed by atoms with E-state index in [1.807, 2.05) is 0 Å². The highest BCUT2D eigenvalue weighted by molar-refractivity contribution is 5.91. The summed E-state index contributed by atoms with van der Waals surface area (Å²) in [4.78, 5) is 3.61. The van der Waals surface area contributed by atoms with Gasteiger partial charge in [-0.3, -0.25) is 10.7 Å². The third-order valence-electron chi connectivity index (χ3n) is 0.582. The van der Waals surface area contributed by atoms with Crippen LogP contribution in [0.5, 0.6) is 0 Å². The Morgan fingerprint density at radius 1 is 1.78 bits per heavy atom. The van der Waals surface area contributed by atoms with E-state index in [9.17, 15) is 0 Å². The van der Waals surface area contributed by atoms with Gasteiger partial charge in [-0.2, -0.15) is 0 Å². The van der Waals surface area contributed by atoms with Crippen LogP contribution in [0.3, 0.4) is 0 Å². The van der Waals surface area contributed by atoms with E-state index in [1.54, 1.807) is 5.48 Å². The van der Waals surface area contributed by atoms with Crippen molar-refractivity contribution in [1.82, 2.24) is 5.48 Å². The molecular formula is C5H9N3O. The number of amidine groups is 1. The summed E-state index contributed by atoms with van der Waals surface area (Å²) in [6.07, 6.45) is 3.95. The number of aliphatic imine (C=N–C) groups is 1. The molecule has 0 rings (SSSR count). The summed E-state index contributed by atoms with van der Waals surface area (Å²) in [6, 6.07) is 0. The molecule has 0 spiro atoms. The minimum Gasteiger partial charge on any atom is -0.384 e. The van der Waals surface area contributed by atoms with Crippen molar-refractivity contribution in [3.63, 3.8) is 0 Å². The molecule has 0 aromatic carbocycles. The smallest absolute Gasteiger partial charge is 0.122 e. The predicted molar refractivity (Wildman–Crippen MR) is 35.9 cm³/mol. The van der Waals surface area contributed by atoms with Crippen LogP contribution in [0.2, 0.25) is 0 Å². The van der Waals surface area contributed by atoms with Crippen LogP contribution in [0.1, 0.15) is 0 Å². The second-order valence-electron chi connectivity index (χ2n) is 1.20. The predicted octanol–water partition coefficient (Wildman–Crippen LogP) is -0.0204. The van der Waals surface area contributed by atoms with Crippen LogP contribution in [0.25, 0.3) is 0 Å². The Morgan fingerprint density at radius 2 is 2.44 bits per heavy atom. The van der Waals surface area contributed by atoms with Crippen molar-refractivity contribution in [2.45, 2.75) is 0 Å². The molecule has 0 amide bonds. The fourth-order valence-electron chi connectivity index (χ4n) is 0.209. The summed E-state index contributed by atoms with van der Waals surface area (Å²) in [5, 5.41) is 7.98. The maximum atomic E-state index is 7.98. The first-order valence-electron chi connectivity index (χ1n) is 2.31. The Kier molecular flexibility index (Phi) is 4.16. The molecule has 0 saturated heterocycles. The maximum absolute atomic E-state index is 7.98. The number of hydroxylamine groups is 1. The first-order valence-corrected chi connectivity index (χ1v) is 2.31. The van der Waals surface area contributed by atoms with Crippen LogP contribution in [-0.2, 0) is 0 Å². The average Bonchev–Trinajstić information content (AvgIpc) is 1.89. The van der Waals surface area contributed by atoms with Crippen molar-refractivity contribution >= 4 is 5.84 Å². The highest BCUT2D eigenvalue weighted by atomic mass is 16.5. The fraction of sp³-hybridized carbons (Fsp3) is 0. The number of hydrogen-bond acceptors (Lipinski definition) is 3. The van der Waals surface area contributed by atoms with Crippen molar-refractivity contribution in [3.8, 4) is 0 Å². The zero-order valence-corrected chi connectivity index (χ0v) is 4.91. The van der Waals surface area contributed by atoms with Crippen molar-refractivity contribution in [2.24, 2.45) is 10.7 Å². The third-order valence-corrected chi connectivity index (χ3v) is 0.582. The van der Waals surface area contributed by atoms with Crippen LogP contribution >= 0.6 is 0 Å². The van der Waals surface area contributed by atoms with E-state index in [-0.39, 0.29) is 0 Å². The lowest BCUT2D eigenvalue weighted by Crippen LogP contribution is -2.05. The van der Waals surface area contributed by atoms with Gasteiger partial charge in [0.2, 0.25) is 0 Å². The number of nitrogens with two attached hydrogens (primary N) is 1. The summed E-state index contributed by atoms with van der Waals surface area (Å²) >= 11 is 0. The Morgan fingerprint density at radius 3 is 2.89 bits per heavy atom. The second-order valence-corrected chi connectivity index (χ2v) is 1.20. The largest absolute Gasteiger partial charge is 0.384 e. The van der Waals surface area contributed by atoms with Gasteiger partial charge in [0.25, 0.3) is 0 Å². The quantitative estimate of drug-likeness (QED) is 0.283. The molecule has 50 valence electrons. The lowest BCUT2D eigenvalue weighted by Gasteiger charge is -1.84. The second kappa shape index (κ2) is 4.86. The van der Waals surface area contributed by atoms with E-state index >= 15 is 0 Å². The molecule has 0 radical (unpaired) electrons. The van der Waals surface area contributed by atoms with Crippen LogP contribution in [0.4, 0.5) is 0 Å². The molecule has 0 aliphatic carbocycles. The average molecular weight is 127 g/mol. The lowest BCUT2D eigenvalue weighted by atomic mass is 10.6. The summed E-state index contributed by atoms with van der Waals surface area (Å²) in [5.41, 5.74) is 6.95. The van der Waals surface area contributed by atoms with Crippen molar-refractivity contribution in [3.05, 3.63) is 25.1 Å². The van der Waals surface area contributed by atoms with Crippen LogP contribution < -0.4 is 11.2 Å². The van der Waals surface area contributed by atoms with Gasteiger partial charge in [-0.05, 0) is 6.08 Å². The Bertz CT molecular complexity index is 139. The molecule has 4 N–H and O–H groups in total.